The van der Waals surface area contributed by atoms with Crippen molar-refractivity contribution in [3.63, 3.8) is 0 Å². The molecule has 1 N–H and O–H groups in total. The average molecular weight is 387 g/mol. The van der Waals surface area contributed by atoms with E-state index in [1.165, 1.54) is 4.57 Å². The normalized spacial score (nSPS) is 9.86. The van der Waals surface area contributed by atoms with Crippen molar-refractivity contribution in [3.8, 4) is 6.07 Å². The maximum absolute atomic E-state index is 10.5. The quantitative estimate of drug-likeness (QED) is 0.849. The first kappa shape index (κ1) is 11.8. The van der Waals surface area contributed by atoms with Crippen molar-refractivity contribution >= 4 is 53.8 Å². The molecule has 1 heterocycles. The molecular formula is C7H3Br3N2O2. The van der Waals surface area contributed by atoms with Crippen LogP contribution in [0.15, 0.2) is 13.7 Å². The highest BCUT2D eigenvalue weighted by Gasteiger charge is 2.19. The zero-order chi connectivity index (χ0) is 10.9. The Morgan fingerprint density at radius 1 is 1.43 bits per heavy atom. The summed E-state index contributed by atoms with van der Waals surface area (Å²) >= 11 is 9.54. The number of hydrogen-bond donors (Lipinski definition) is 1. The van der Waals surface area contributed by atoms with Crippen LogP contribution >= 0.6 is 47.8 Å². The van der Waals surface area contributed by atoms with Gasteiger partial charge in [-0.2, -0.15) is 5.26 Å². The zero-order valence-electron chi connectivity index (χ0n) is 6.59. The lowest BCUT2D eigenvalue weighted by molar-refractivity contribution is -0.137. The first-order valence-corrected chi connectivity index (χ1v) is 5.71. The van der Waals surface area contributed by atoms with E-state index in [2.05, 4.69) is 47.8 Å². The van der Waals surface area contributed by atoms with Crippen LogP contribution in [-0.2, 0) is 11.3 Å². The molecule has 0 radical (unpaired) electrons. The van der Waals surface area contributed by atoms with Crippen LogP contribution < -0.4 is 0 Å². The number of aliphatic carboxylic acids is 1. The van der Waals surface area contributed by atoms with Gasteiger partial charge < -0.3 is 9.67 Å². The predicted octanol–water partition coefficient (Wildman–Crippen LogP) is 2.73. The second-order valence-corrected chi connectivity index (χ2v) is 4.66. The third-order valence-electron chi connectivity index (χ3n) is 1.49. The van der Waals surface area contributed by atoms with E-state index in [1.54, 1.807) is 0 Å². The summed E-state index contributed by atoms with van der Waals surface area (Å²) in [5.41, 5.74) is 0.373. The van der Waals surface area contributed by atoms with Crippen LogP contribution in [0.4, 0.5) is 0 Å². The second-order valence-electron chi connectivity index (χ2n) is 2.36. The number of aromatic nitrogens is 1. The van der Waals surface area contributed by atoms with E-state index in [4.69, 9.17) is 10.4 Å². The third-order valence-corrected chi connectivity index (χ3v) is 4.44. The van der Waals surface area contributed by atoms with Gasteiger partial charge in [-0.3, -0.25) is 4.79 Å². The van der Waals surface area contributed by atoms with Crippen molar-refractivity contribution in [1.82, 2.24) is 4.57 Å². The summed E-state index contributed by atoms with van der Waals surface area (Å²) in [6, 6.07) is 1.96. The minimum Gasteiger partial charge on any atom is -0.480 e. The van der Waals surface area contributed by atoms with Gasteiger partial charge in [-0.05, 0) is 47.8 Å². The number of carbonyl (C=O) groups is 1. The molecule has 74 valence electrons. The molecule has 0 unspecified atom stereocenters. The molecule has 0 bridgehead atoms. The van der Waals surface area contributed by atoms with Crippen molar-refractivity contribution in [3.05, 3.63) is 19.2 Å². The Hall–Kier alpha value is -0.320. The van der Waals surface area contributed by atoms with Crippen LogP contribution in [0.25, 0.3) is 0 Å². The van der Waals surface area contributed by atoms with Gasteiger partial charge in [0.05, 0.1) is 10.0 Å². The van der Waals surface area contributed by atoms with Crippen LogP contribution in [0, 0.1) is 11.3 Å². The smallest absolute Gasteiger partial charge is 0.323 e. The second kappa shape index (κ2) is 4.47. The SMILES string of the molecule is N#Cc1c(Br)c(Br)n(CC(=O)O)c1Br. The number of nitriles is 1. The molecule has 7 heteroatoms. The fourth-order valence-electron chi connectivity index (χ4n) is 0.903. The van der Waals surface area contributed by atoms with Gasteiger partial charge in [0.2, 0.25) is 0 Å². The molecule has 0 aromatic carbocycles. The lowest BCUT2D eigenvalue weighted by Gasteiger charge is -2.01. The Bertz CT molecular complexity index is 433. The van der Waals surface area contributed by atoms with Crippen molar-refractivity contribution in [2.75, 3.05) is 0 Å². The van der Waals surface area contributed by atoms with Crippen LogP contribution in [0.3, 0.4) is 0 Å². The van der Waals surface area contributed by atoms with Gasteiger partial charge in [-0.25, -0.2) is 0 Å². The third kappa shape index (κ3) is 2.02. The molecule has 1 aromatic heterocycles. The summed E-state index contributed by atoms with van der Waals surface area (Å²) in [6.07, 6.45) is 0. The van der Waals surface area contributed by atoms with E-state index in [0.717, 1.165) is 0 Å². The molecular weight excluding hydrogens is 384 g/mol. The van der Waals surface area contributed by atoms with Gasteiger partial charge >= 0.3 is 5.97 Å². The highest BCUT2D eigenvalue weighted by atomic mass is 79.9. The summed E-state index contributed by atoms with van der Waals surface area (Å²) in [7, 11) is 0. The van der Waals surface area contributed by atoms with Gasteiger partial charge in [-0.15, -0.1) is 0 Å². The summed E-state index contributed by atoms with van der Waals surface area (Å²) in [6.45, 7) is -0.207. The van der Waals surface area contributed by atoms with E-state index in [0.29, 0.717) is 19.2 Å². The number of nitrogens with zero attached hydrogens (tertiary/aromatic N) is 2. The first-order chi connectivity index (χ1) is 6.49. The first-order valence-electron chi connectivity index (χ1n) is 3.34. The van der Waals surface area contributed by atoms with Crippen molar-refractivity contribution in [1.29, 1.82) is 5.26 Å². The number of halogens is 3. The van der Waals surface area contributed by atoms with Crippen molar-refractivity contribution < 1.29 is 9.90 Å². The van der Waals surface area contributed by atoms with E-state index in [-0.39, 0.29) is 6.54 Å². The Morgan fingerprint density at radius 3 is 2.36 bits per heavy atom. The van der Waals surface area contributed by atoms with Crippen LogP contribution in [0.1, 0.15) is 5.56 Å². The van der Waals surface area contributed by atoms with Gasteiger partial charge in [0.15, 0.2) is 0 Å². The summed E-state index contributed by atoms with van der Waals surface area (Å²) in [5.74, 6) is -0.974. The lowest BCUT2D eigenvalue weighted by Crippen LogP contribution is -2.09. The van der Waals surface area contributed by atoms with Crippen molar-refractivity contribution in [2.24, 2.45) is 0 Å². The summed E-state index contributed by atoms with van der Waals surface area (Å²) in [5, 5.41) is 17.4. The molecule has 0 amide bonds. The molecule has 1 aromatic rings. The minimum atomic E-state index is -0.974. The number of carboxylic acid groups (broad SMARTS) is 1. The number of carboxylic acids is 1. The summed E-state index contributed by atoms with van der Waals surface area (Å²) in [4.78, 5) is 10.5. The Morgan fingerprint density at radius 2 is 2.00 bits per heavy atom. The van der Waals surface area contributed by atoms with Gasteiger partial charge in [-0.1, -0.05) is 0 Å². The Balaban J connectivity index is 3.32. The molecule has 0 saturated carbocycles. The van der Waals surface area contributed by atoms with Gasteiger partial charge in [0, 0.05) is 0 Å². The largest absolute Gasteiger partial charge is 0.480 e. The topological polar surface area (TPSA) is 66.0 Å². The standard InChI is InChI=1S/C7H3Br3N2O2/c8-5-3(1-11)6(9)12(7(5)10)2-4(13)14/h2H2,(H,13,14). The van der Waals surface area contributed by atoms with Crippen LogP contribution in [-0.4, -0.2) is 15.6 Å². The van der Waals surface area contributed by atoms with Crippen molar-refractivity contribution in [2.45, 2.75) is 6.54 Å². The summed E-state index contributed by atoms with van der Waals surface area (Å²) < 4.78 is 2.96. The van der Waals surface area contributed by atoms with Crippen LogP contribution in [0.2, 0.25) is 0 Å². The number of rotatable bonds is 2. The van der Waals surface area contributed by atoms with E-state index < -0.39 is 5.97 Å². The van der Waals surface area contributed by atoms with E-state index in [1.807, 2.05) is 6.07 Å². The highest BCUT2D eigenvalue weighted by Crippen LogP contribution is 2.35. The molecule has 0 aliphatic rings. The Kier molecular flexibility index (Phi) is 3.75. The molecule has 0 fully saturated rings. The van der Waals surface area contributed by atoms with Crippen LogP contribution in [0.5, 0.6) is 0 Å². The maximum atomic E-state index is 10.5. The fraction of sp³-hybridized carbons (Fsp3) is 0.143. The molecule has 1 rings (SSSR count). The average Bonchev–Trinajstić information content (AvgIpc) is 2.30. The molecule has 0 aliphatic heterocycles. The highest BCUT2D eigenvalue weighted by molar-refractivity contribution is 9.13. The zero-order valence-corrected chi connectivity index (χ0v) is 11.3. The molecule has 0 atom stereocenters. The predicted molar refractivity (Wildman–Crippen MR) is 59.9 cm³/mol. The maximum Gasteiger partial charge on any atom is 0.323 e. The van der Waals surface area contributed by atoms with E-state index in [9.17, 15) is 4.79 Å². The fourth-order valence-corrected chi connectivity index (χ4v) is 2.99. The van der Waals surface area contributed by atoms with E-state index >= 15 is 0 Å². The van der Waals surface area contributed by atoms with Gasteiger partial charge in [0.1, 0.15) is 21.8 Å². The van der Waals surface area contributed by atoms with Gasteiger partial charge in [0.25, 0.3) is 0 Å². The lowest BCUT2D eigenvalue weighted by atomic mass is 10.4. The molecule has 4 nitrogen and oxygen atoms in total. The molecule has 0 aliphatic carbocycles. The number of hydrogen-bond acceptors (Lipinski definition) is 2. The molecule has 0 spiro atoms. The minimum absolute atomic E-state index is 0.207. The molecule has 0 saturated heterocycles. The Labute approximate surface area is 105 Å². The monoisotopic (exact) mass is 384 g/mol. The molecule has 14 heavy (non-hydrogen) atoms.